The topological polar surface area (TPSA) is 94.8 Å². The molecule has 4 rings (SSSR count). The van der Waals surface area contributed by atoms with Gasteiger partial charge in [-0.15, -0.1) is 0 Å². The number of fused-ring (bicyclic) bond motifs is 3. The Morgan fingerprint density at radius 3 is 2.71 bits per heavy atom. The molecule has 4 atom stereocenters. The molecule has 0 unspecified atom stereocenters. The van der Waals surface area contributed by atoms with Crippen LogP contribution in [0.1, 0.15) is 41.8 Å². The molecule has 0 radical (unpaired) electrons. The highest BCUT2D eigenvalue weighted by Gasteiger charge is 2.56. The summed E-state index contributed by atoms with van der Waals surface area (Å²) < 4.78 is 0. The fraction of sp³-hybridized carbons (Fsp3) is 0.368. The Morgan fingerprint density at radius 2 is 1.96 bits per heavy atom. The van der Waals surface area contributed by atoms with Gasteiger partial charge in [-0.25, -0.2) is 0 Å². The minimum absolute atomic E-state index is 0.0200. The van der Waals surface area contributed by atoms with E-state index in [2.05, 4.69) is 0 Å². The van der Waals surface area contributed by atoms with Gasteiger partial charge in [0.05, 0.1) is 5.92 Å². The molecule has 0 saturated heterocycles. The van der Waals surface area contributed by atoms with Crippen LogP contribution in [0.15, 0.2) is 41.5 Å². The monoisotopic (exact) mass is 326 g/mol. The van der Waals surface area contributed by atoms with Crippen LogP contribution in [0.5, 0.6) is 5.75 Å². The van der Waals surface area contributed by atoms with Gasteiger partial charge in [0.1, 0.15) is 17.5 Å². The first-order valence-electron chi connectivity index (χ1n) is 8.06. The van der Waals surface area contributed by atoms with Crippen LogP contribution in [0.3, 0.4) is 0 Å². The number of benzene rings is 1. The summed E-state index contributed by atoms with van der Waals surface area (Å²) in [6, 6.07) is 4.39. The minimum atomic E-state index is -1.92. The fourth-order valence-electron chi connectivity index (χ4n) is 4.26. The van der Waals surface area contributed by atoms with E-state index in [-0.39, 0.29) is 28.6 Å². The van der Waals surface area contributed by atoms with Crippen LogP contribution in [0.25, 0.3) is 0 Å². The van der Waals surface area contributed by atoms with Gasteiger partial charge in [0.2, 0.25) is 0 Å². The molecule has 1 aromatic rings. The molecule has 3 N–H and O–H groups in total. The van der Waals surface area contributed by atoms with Crippen molar-refractivity contribution in [3.63, 3.8) is 0 Å². The lowest BCUT2D eigenvalue weighted by Crippen LogP contribution is -2.53. The first-order valence-corrected chi connectivity index (χ1v) is 8.06. The van der Waals surface area contributed by atoms with Crippen LogP contribution in [0, 0.1) is 11.8 Å². The summed E-state index contributed by atoms with van der Waals surface area (Å²) in [7, 11) is 0. The summed E-state index contributed by atoms with van der Waals surface area (Å²) in [6.45, 7) is 1.97. The van der Waals surface area contributed by atoms with Gasteiger partial charge in [-0.3, -0.25) is 9.59 Å². The van der Waals surface area contributed by atoms with Crippen LogP contribution in [-0.2, 0) is 4.79 Å². The van der Waals surface area contributed by atoms with Gasteiger partial charge in [0, 0.05) is 23.1 Å². The van der Waals surface area contributed by atoms with E-state index in [4.69, 9.17) is 0 Å². The normalized spacial score (nSPS) is 34.7. The Morgan fingerprint density at radius 1 is 1.21 bits per heavy atom. The predicted octanol–water partition coefficient (Wildman–Crippen LogP) is 1.83. The molecule has 124 valence electrons. The second-order valence-corrected chi connectivity index (χ2v) is 7.03. The number of aromatic hydroxyl groups is 1. The Labute approximate surface area is 138 Å². The third-order valence-corrected chi connectivity index (χ3v) is 5.37. The molecule has 0 amide bonds. The molecule has 24 heavy (non-hydrogen) atoms. The number of allylic oxidation sites excluding steroid dienone is 2. The maximum Gasteiger partial charge on any atom is 0.174 e. The zero-order valence-corrected chi connectivity index (χ0v) is 13.2. The summed E-state index contributed by atoms with van der Waals surface area (Å²) in [5.74, 6) is -1.76. The molecule has 1 aromatic carbocycles. The Bertz CT molecular complexity index is 834. The number of phenols is 1. The molecular formula is C19H18O5. The molecule has 0 saturated carbocycles. The molecule has 5 nitrogen and oxygen atoms in total. The molecule has 0 heterocycles. The van der Waals surface area contributed by atoms with E-state index in [1.165, 1.54) is 24.3 Å². The SMILES string of the molecule is C[C@H]1CC(=O)C2=C(C=C[C@]3(O)[C@H]2C(=O)c2cccc(O)c2[C@@H]3O)C1. The lowest BCUT2D eigenvalue weighted by molar-refractivity contribution is -0.120. The molecule has 0 aromatic heterocycles. The van der Waals surface area contributed by atoms with Crippen molar-refractivity contribution in [1.29, 1.82) is 0 Å². The molecule has 5 heteroatoms. The van der Waals surface area contributed by atoms with Crippen LogP contribution in [0.4, 0.5) is 0 Å². The zero-order chi connectivity index (χ0) is 17.2. The first kappa shape index (κ1) is 15.3. The number of ketones is 2. The van der Waals surface area contributed by atoms with Crippen molar-refractivity contribution in [3.05, 3.63) is 52.6 Å². The quantitative estimate of drug-likeness (QED) is 0.676. The van der Waals surface area contributed by atoms with Crippen molar-refractivity contribution in [2.75, 3.05) is 0 Å². The fourth-order valence-corrected chi connectivity index (χ4v) is 4.26. The lowest BCUT2D eigenvalue weighted by atomic mass is 9.61. The summed E-state index contributed by atoms with van der Waals surface area (Å²) in [5.41, 5.74) is -0.663. The van der Waals surface area contributed by atoms with Crippen LogP contribution in [-0.4, -0.2) is 32.5 Å². The molecular weight excluding hydrogens is 308 g/mol. The van der Waals surface area contributed by atoms with E-state index in [1.54, 1.807) is 6.08 Å². The third-order valence-electron chi connectivity index (χ3n) is 5.37. The number of hydrogen-bond acceptors (Lipinski definition) is 5. The highest BCUT2D eigenvalue weighted by atomic mass is 16.3. The average Bonchev–Trinajstić information content (AvgIpc) is 2.53. The Hall–Kier alpha value is -2.24. The van der Waals surface area contributed by atoms with Crippen LogP contribution >= 0.6 is 0 Å². The summed E-state index contributed by atoms with van der Waals surface area (Å²) in [4.78, 5) is 25.6. The second-order valence-electron chi connectivity index (χ2n) is 7.03. The highest BCUT2D eigenvalue weighted by molar-refractivity contribution is 6.11. The van der Waals surface area contributed by atoms with Crippen molar-refractivity contribution in [2.45, 2.75) is 31.5 Å². The third kappa shape index (κ3) is 1.82. The van der Waals surface area contributed by atoms with Crippen molar-refractivity contribution in [2.24, 2.45) is 11.8 Å². The van der Waals surface area contributed by atoms with Crippen molar-refractivity contribution in [1.82, 2.24) is 0 Å². The smallest absolute Gasteiger partial charge is 0.174 e. The number of Topliss-reactive ketones (excluding diaryl/α,β-unsaturated/α-hetero) is 2. The van der Waals surface area contributed by atoms with E-state index in [0.717, 1.165) is 5.57 Å². The lowest BCUT2D eigenvalue weighted by Gasteiger charge is -2.45. The van der Waals surface area contributed by atoms with Crippen LogP contribution in [0.2, 0.25) is 0 Å². The van der Waals surface area contributed by atoms with Crippen molar-refractivity contribution in [3.8, 4) is 5.75 Å². The number of aliphatic hydroxyl groups is 2. The predicted molar refractivity (Wildman–Crippen MR) is 85.4 cm³/mol. The van der Waals surface area contributed by atoms with Gasteiger partial charge in [-0.05, 0) is 30.1 Å². The van der Waals surface area contributed by atoms with Crippen molar-refractivity contribution < 1.29 is 24.9 Å². The number of rotatable bonds is 0. The number of hydrogen-bond donors (Lipinski definition) is 3. The average molecular weight is 326 g/mol. The number of carbonyl (C=O) groups excluding carboxylic acids is 2. The second kappa shape index (κ2) is 4.88. The molecule has 3 aliphatic carbocycles. The maximum absolute atomic E-state index is 13.0. The van der Waals surface area contributed by atoms with Gasteiger partial charge in [0.15, 0.2) is 11.6 Å². The molecule has 0 aliphatic heterocycles. The Kier molecular flexibility index (Phi) is 3.11. The van der Waals surface area contributed by atoms with Gasteiger partial charge in [0.25, 0.3) is 0 Å². The number of carbonyl (C=O) groups is 2. The summed E-state index contributed by atoms with van der Waals surface area (Å²) in [6.07, 6.45) is 2.56. The first-order chi connectivity index (χ1) is 11.3. The minimum Gasteiger partial charge on any atom is -0.508 e. The molecule has 3 aliphatic rings. The van der Waals surface area contributed by atoms with E-state index in [0.29, 0.717) is 18.4 Å². The van der Waals surface area contributed by atoms with E-state index in [1.807, 2.05) is 6.92 Å². The standard InChI is InChI=1S/C19H18O5/c1-9-7-10-5-6-19(24)16(14(10)13(21)8-9)17(22)11-3-2-4-12(20)15(11)18(19)23/h2-6,9,16,18,20,23-24H,7-8H2,1H3/t9-,16-,18+,19+/m1/s1. The zero-order valence-electron chi connectivity index (χ0n) is 13.2. The molecule has 0 bridgehead atoms. The Balaban J connectivity index is 1.96. The van der Waals surface area contributed by atoms with Gasteiger partial charge in [-0.2, -0.15) is 0 Å². The summed E-state index contributed by atoms with van der Waals surface area (Å²) in [5, 5.41) is 31.8. The van der Waals surface area contributed by atoms with E-state index >= 15 is 0 Å². The largest absolute Gasteiger partial charge is 0.508 e. The van der Waals surface area contributed by atoms with Crippen molar-refractivity contribution >= 4 is 11.6 Å². The van der Waals surface area contributed by atoms with E-state index < -0.39 is 23.4 Å². The van der Waals surface area contributed by atoms with Gasteiger partial charge >= 0.3 is 0 Å². The maximum atomic E-state index is 13.0. The molecule has 0 fully saturated rings. The van der Waals surface area contributed by atoms with Crippen LogP contribution < -0.4 is 0 Å². The summed E-state index contributed by atoms with van der Waals surface area (Å²) >= 11 is 0. The number of phenolic OH excluding ortho intramolecular Hbond substituents is 1. The number of aliphatic hydroxyl groups excluding tert-OH is 1. The molecule has 0 spiro atoms. The van der Waals surface area contributed by atoms with E-state index in [9.17, 15) is 24.9 Å². The van der Waals surface area contributed by atoms with Gasteiger partial charge in [-0.1, -0.05) is 25.1 Å². The highest BCUT2D eigenvalue weighted by Crippen LogP contribution is 2.52. The van der Waals surface area contributed by atoms with Gasteiger partial charge < -0.3 is 15.3 Å².